The standard InChI is InChI=1S/C16H33N3/c1-5-16(3,12-17-4)13-19-11-15-8-6-7-9-18(15)10-14(19)2/h14-15,17H,5-13H2,1-4H3. The van der Waals surface area contributed by atoms with Gasteiger partial charge in [-0.25, -0.2) is 0 Å². The highest BCUT2D eigenvalue weighted by Gasteiger charge is 2.35. The van der Waals surface area contributed by atoms with Gasteiger partial charge < -0.3 is 5.32 Å². The highest BCUT2D eigenvalue weighted by atomic mass is 15.3. The third-order valence-electron chi connectivity index (χ3n) is 5.36. The van der Waals surface area contributed by atoms with Gasteiger partial charge in [0.05, 0.1) is 0 Å². The first-order valence-corrected chi connectivity index (χ1v) is 8.20. The molecular weight excluding hydrogens is 234 g/mol. The number of rotatable bonds is 5. The van der Waals surface area contributed by atoms with E-state index in [9.17, 15) is 0 Å². The van der Waals surface area contributed by atoms with Gasteiger partial charge in [-0.2, -0.15) is 0 Å². The Labute approximate surface area is 119 Å². The second kappa shape index (κ2) is 6.55. The summed E-state index contributed by atoms with van der Waals surface area (Å²) in [6.45, 7) is 13.5. The Kier molecular flexibility index (Phi) is 5.27. The van der Waals surface area contributed by atoms with Crippen molar-refractivity contribution in [3.63, 3.8) is 0 Å². The molecule has 0 aromatic carbocycles. The lowest BCUT2D eigenvalue weighted by molar-refractivity contribution is -0.00485. The average molecular weight is 267 g/mol. The quantitative estimate of drug-likeness (QED) is 0.824. The summed E-state index contributed by atoms with van der Waals surface area (Å²) in [5, 5.41) is 3.38. The molecule has 112 valence electrons. The van der Waals surface area contributed by atoms with E-state index in [1.165, 1.54) is 51.9 Å². The first kappa shape index (κ1) is 15.3. The monoisotopic (exact) mass is 267 g/mol. The van der Waals surface area contributed by atoms with Crippen LogP contribution in [0.3, 0.4) is 0 Å². The van der Waals surface area contributed by atoms with Crippen LogP contribution in [0.25, 0.3) is 0 Å². The van der Waals surface area contributed by atoms with E-state index < -0.39 is 0 Å². The average Bonchev–Trinajstić information content (AvgIpc) is 2.40. The van der Waals surface area contributed by atoms with Gasteiger partial charge in [0.15, 0.2) is 0 Å². The second-order valence-corrected chi connectivity index (χ2v) is 7.12. The van der Waals surface area contributed by atoms with E-state index in [0.717, 1.165) is 18.6 Å². The molecule has 3 heteroatoms. The van der Waals surface area contributed by atoms with Crippen molar-refractivity contribution >= 4 is 0 Å². The lowest BCUT2D eigenvalue weighted by Gasteiger charge is -2.49. The van der Waals surface area contributed by atoms with E-state index >= 15 is 0 Å². The number of nitrogens with one attached hydrogen (secondary N) is 1. The van der Waals surface area contributed by atoms with E-state index in [1.807, 2.05) is 0 Å². The third-order valence-corrected chi connectivity index (χ3v) is 5.36. The molecule has 0 aromatic heterocycles. The summed E-state index contributed by atoms with van der Waals surface area (Å²) < 4.78 is 0. The predicted octanol–water partition coefficient (Wildman–Crippen LogP) is 2.18. The van der Waals surface area contributed by atoms with Crippen LogP contribution < -0.4 is 5.32 Å². The number of hydrogen-bond acceptors (Lipinski definition) is 3. The van der Waals surface area contributed by atoms with Crippen molar-refractivity contribution in [2.75, 3.05) is 39.8 Å². The van der Waals surface area contributed by atoms with E-state index in [2.05, 4.69) is 42.9 Å². The summed E-state index contributed by atoms with van der Waals surface area (Å²) in [7, 11) is 2.08. The van der Waals surface area contributed by atoms with Crippen molar-refractivity contribution < 1.29 is 0 Å². The summed E-state index contributed by atoms with van der Waals surface area (Å²) in [6.07, 6.45) is 5.52. The molecular formula is C16H33N3. The minimum Gasteiger partial charge on any atom is -0.319 e. The van der Waals surface area contributed by atoms with E-state index in [1.54, 1.807) is 0 Å². The van der Waals surface area contributed by atoms with Crippen molar-refractivity contribution in [3.05, 3.63) is 0 Å². The molecule has 2 saturated heterocycles. The highest BCUT2D eigenvalue weighted by Crippen LogP contribution is 2.28. The Morgan fingerprint density at radius 2 is 2.05 bits per heavy atom. The number of hydrogen-bond donors (Lipinski definition) is 1. The normalized spacial score (nSPS) is 32.8. The molecule has 2 heterocycles. The Bertz CT molecular complexity index is 281. The molecule has 0 radical (unpaired) electrons. The summed E-state index contributed by atoms with van der Waals surface area (Å²) in [5.74, 6) is 0. The maximum atomic E-state index is 3.38. The van der Waals surface area contributed by atoms with Crippen LogP contribution in [-0.2, 0) is 0 Å². The largest absolute Gasteiger partial charge is 0.319 e. The first-order valence-electron chi connectivity index (χ1n) is 8.20. The molecule has 2 aliphatic heterocycles. The van der Waals surface area contributed by atoms with Gasteiger partial charge in [0.2, 0.25) is 0 Å². The number of nitrogens with zero attached hydrogens (tertiary/aromatic N) is 2. The minimum absolute atomic E-state index is 0.417. The summed E-state index contributed by atoms with van der Waals surface area (Å²) in [6, 6.07) is 1.55. The topological polar surface area (TPSA) is 18.5 Å². The van der Waals surface area contributed by atoms with Crippen LogP contribution in [0.5, 0.6) is 0 Å². The third kappa shape index (κ3) is 3.71. The lowest BCUT2D eigenvalue weighted by atomic mass is 9.85. The van der Waals surface area contributed by atoms with Crippen LogP contribution in [0.1, 0.15) is 46.5 Å². The molecule has 0 bridgehead atoms. The molecule has 1 N–H and O–H groups in total. The molecule has 0 spiro atoms. The fourth-order valence-electron chi connectivity index (χ4n) is 3.84. The van der Waals surface area contributed by atoms with E-state index in [0.29, 0.717) is 5.41 Å². The minimum atomic E-state index is 0.417. The van der Waals surface area contributed by atoms with Gasteiger partial charge in [-0.05, 0) is 45.2 Å². The van der Waals surface area contributed by atoms with Gasteiger partial charge in [0.25, 0.3) is 0 Å². The van der Waals surface area contributed by atoms with Crippen molar-refractivity contribution in [2.24, 2.45) is 5.41 Å². The number of piperidine rings is 1. The molecule has 2 rings (SSSR count). The van der Waals surface area contributed by atoms with Crippen LogP contribution in [-0.4, -0.2) is 61.7 Å². The number of fused-ring (bicyclic) bond motifs is 1. The van der Waals surface area contributed by atoms with Crippen molar-refractivity contribution in [1.29, 1.82) is 0 Å². The highest BCUT2D eigenvalue weighted by molar-refractivity contribution is 4.91. The second-order valence-electron chi connectivity index (χ2n) is 7.12. The van der Waals surface area contributed by atoms with Crippen molar-refractivity contribution in [2.45, 2.75) is 58.5 Å². The van der Waals surface area contributed by atoms with Gasteiger partial charge in [-0.15, -0.1) is 0 Å². The summed E-state index contributed by atoms with van der Waals surface area (Å²) >= 11 is 0. The fourth-order valence-corrected chi connectivity index (χ4v) is 3.84. The van der Waals surface area contributed by atoms with Gasteiger partial charge in [0.1, 0.15) is 0 Å². The zero-order chi connectivity index (χ0) is 13.9. The smallest absolute Gasteiger partial charge is 0.0223 e. The van der Waals surface area contributed by atoms with Crippen LogP contribution in [0.15, 0.2) is 0 Å². The van der Waals surface area contributed by atoms with Crippen LogP contribution in [0.2, 0.25) is 0 Å². The summed E-state index contributed by atoms with van der Waals surface area (Å²) in [5.41, 5.74) is 0.417. The Hall–Kier alpha value is -0.120. The molecule has 2 fully saturated rings. The van der Waals surface area contributed by atoms with Gasteiger partial charge in [0, 0.05) is 38.3 Å². The van der Waals surface area contributed by atoms with Crippen molar-refractivity contribution in [3.8, 4) is 0 Å². The van der Waals surface area contributed by atoms with Crippen molar-refractivity contribution in [1.82, 2.24) is 15.1 Å². The maximum Gasteiger partial charge on any atom is 0.0223 e. The Balaban J connectivity index is 1.95. The fraction of sp³-hybridized carbons (Fsp3) is 1.00. The van der Waals surface area contributed by atoms with Gasteiger partial charge in [-0.3, -0.25) is 9.80 Å². The summed E-state index contributed by atoms with van der Waals surface area (Å²) in [4.78, 5) is 5.50. The predicted molar refractivity (Wildman–Crippen MR) is 82.6 cm³/mol. The number of piperazine rings is 1. The van der Waals surface area contributed by atoms with Gasteiger partial charge in [-0.1, -0.05) is 20.3 Å². The van der Waals surface area contributed by atoms with Gasteiger partial charge >= 0.3 is 0 Å². The molecule has 0 saturated carbocycles. The zero-order valence-electron chi connectivity index (χ0n) is 13.4. The molecule has 0 amide bonds. The maximum absolute atomic E-state index is 3.38. The lowest BCUT2D eigenvalue weighted by Crippen LogP contribution is -2.60. The molecule has 2 aliphatic rings. The molecule has 3 nitrogen and oxygen atoms in total. The van der Waals surface area contributed by atoms with E-state index in [-0.39, 0.29) is 0 Å². The van der Waals surface area contributed by atoms with Crippen LogP contribution in [0, 0.1) is 5.41 Å². The Morgan fingerprint density at radius 3 is 2.74 bits per heavy atom. The molecule has 3 atom stereocenters. The molecule has 0 aromatic rings. The van der Waals surface area contributed by atoms with E-state index in [4.69, 9.17) is 0 Å². The molecule has 19 heavy (non-hydrogen) atoms. The molecule has 0 aliphatic carbocycles. The molecule has 3 unspecified atom stereocenters. The Morgan fingerprint density at radius 1 is 1.26 bits per heavy atom. The van der Waals surface area contributed by atoms with Crippen LogP contribution >= 0.6 is 0 Å². The SMILES string of the molecule is CCC(C)(CNC)CN1CC2CCCCN2CC1C. The zero-order valence-corrected chi connectivity index (χ0v) is 13.4. The van der Waals surface area contributed by atoms with Crippen LogP contribution in [0.4, 0.5) is 0 Å². The first-order chi connectivity index (χ1) is 9.08.